The molecular weight excluding hydrogens is 865 g/mol. The molecule has 0 saturated heterocycles. The van der Waals surface area contributed by atoms with Crippen molar-refractivity contribution in [3.05, 3.63) is 109 Å². The van der Waals surface area contributed by atoms with Crippen molar-refractivity contribution in [1.82, 2.24) is 0 Å². The van der Waals surface area contributed by atoms with Crippen LogP contribution in [-0.4, -0.2) is 37.2 Å². The molecule has 0 aromatic rings. The molecule has 0 rings (SSSR count). The minimum absolute atomic E-state index is 0.0951. The van der Waals surface area contributed by atoms with Gasteiger partial charge in [0, 0.05) is 19.3 Å². The molecule has 0 aliphatic carbocycles. The number of rotatable bonds is 51. The lowest BCUT2D eigenvalue weighted by Gasteiger charge is -2.18. The summed E-state index contributed by atoms with van der Waals surface area (Å²) in [5.41, 5.74) is 0. The number of hydrogen-bond donors (Lipinski definition) is 0. The average molecular weight is 972 g/mol. The first-order chi connectivity index (χ1) is 34.5. The van der Waals surface area contributed by atoms with E-state index in [9.17, 15) is 14.4 Å². The maximum Gasteiger partial charge on any atom is 0.306 e. The lowest BCUT2D eigenvalue weighted by molar-refractivity contribution is -0.167. The van der Waals surface area contributed by atoms with Crippen molar-refractivity contribution in [2.75, 3.05) is 13.2 Å². The smallest absolute Gasteiger partial charge is 0.306 e. The summed E-state index contributed by atoms with van der Waals surface area (Å²) in [6.45, 7) is 6.38. The quantitative estimate of drug-likeness (QED) is 0.0262. The van der Waals surface area contributed by atoms with E-state index in [4.69, 9.17) is 14.2 Å². The van der Waals surface area contributed by atoms with Gasteiger partial charge in [-0.25, -0.2) is 0 Å². The van der Waals surface area contributed by atoms with Crippen molar-refractivity contribution in [2.24, 2.45) is 0 Å². The molecular formula is C64H106O6. The highest BCUT2D eigenvalue weighted by molar-refractivity contribution is 5.71. The molecule has 0 amide bonds. The van der Waals surface area contributed by atoms with Gasteiger partial charge in [0.15, 0.2) is 6.10 Å². The van der Waals surface area contributed by atoms with Gasteiger partial charge in [-0.15, -0.1) is 0 Å². The largest absolute Gasteiger partial charge is 0.462 e. The number of unbranched alkanes of at least 4 members (excludes halogenated alkanes) is 22. The van der Waals surface area contributed by atoms with E-state index in [-0.39, 0.29) is 31.1 Å². The molecule has 0 aromatic heterocycles. The van der Waals surface area contributed by atoms with Crippen molar-refractivity contribution in [2.45, 2.75) is 264 Å². The molecule has 6 heteroatoms. The Labute approximate surface area is 431 Å². The monoisotopic (exact) mass is 971 g/mol. The van der Waals surface area contributed by atoms with Gasteiger partial charge in [-0.05, 0) is 103 Å². The Morgan fingerprint density at radius 1 is 0.300 bits per heavy atom. The Hall–Kier alpha value is -3.93. The standard InChI is InChI=1S/C64H106O6/c1-4-7-10-13-16-19-22-25-27-28-29-30-31-32-33-34-35-36-37-40-42-45-48-51-54-57-63(66)69-60-61(59-68-62(65)56-53-50-47-44-41-38-24-21-18-15-12-9-6-3)70-64(67)58-55-52-49-46-43-39-26-23-20-17-14-11-8-5-2/h7,9-10,12,16,18-19,21,25,27,29-30,32-33,35-36,38,41,61H,4-6,8,11,13-15,17,20,22-24,26,28,31,34,37,39-40,42-60H2,1-3H3/b10-7-,12-9-,19-16-,21-18-,27-25-,30-29-,33-32-,36-35-,41-38-. The molecule has 0 aliphatic rings. The zero-order chi connectivity index (χ0) is 50.7. The van der Waals surface area contributed by atoms with Crippen LogP contribution in [0.3, 0.4) is 0 Å². The number of hydrogen-bond acceptors (Lipinski definition) is 6. The van der Waals surface area contributed by atoms with E-state index in [1.54, 1.807) is 0 Å². The summed E-state index contributed by atoms with van der Waals surface area (Å²) in [7, 11) is 0. The first kappa shape index (κ1) is 66.1. The number of allylic oxidation sites excluding steroid dienone is 18. The lowest BCUT2D eigenvalue weighted by Crippen LogP contribution is -2.30. The van der Waals surface area contributed by atoms with E-state index in [2.05, 4.69) is 130 Å². The number of carbonyl (C=O) groups excluding carboxylic acids is 3. The van der Waals surface area contributed by atoms with Crippen LogP contribution >= 0.6 is 0 Å². The summed E-state index contributed by atoms with van der Waals surface area (Å²) in [5, 5.41) is 0. The second kappa shape index (κ2) is 57.6. The van der Waals surface area contributed by atoms with Gasteiger partial charge in [-0.2, -0.15) is 0 Å². The fraction of sp³-hybridized carbons (Fsp3) is 0.672. The van der Waals surface area contributed by atoms with E-state index in [1.807, 2.05) is 0 Å². The Kier molecular flexibility index (Phi) is 54.4. The summed E-state index contributed by atoms with van der Waals surface area (Å²) in [4.78, 5) is 38.1. The molecule has 0 aromatic carbocycles. The molecule has 0 radical (unpaired) electrons. The first-order valence-corrected chi connectivity index (χ1v) is 28.9. The van der Waals surface area contributed by atoms with Crippen LogP contribution < -0.4 is 0 Å². The molecule has 0 fully saturated rings. The summed E-state index contributed by atoms with van der Waals surface area (Å²) in [6.07, 6.45) is 78.0. The third-order valence-electron chi connectivity index (χ3n) is 12.0. The van der Waals surface area contributed by atoms with Gasteiger partial charge in [-0.1, -0.05) is 246 Å². The van der Waals surface area contributed by atoms with Crippen molar-refractivity contribution < 1.29 is 28.6 Å². The van der Waals surface area contributed by atoms with Crippen molar-refractivity contribution in [3.8, 4) is 0 Å². The van der Waals surface area contributed by atoms with Crippen LogP contribution in [0.4, 0.5) is 0 Å². The van der Waals surface area contributed by atoms with Crippen LogP contribution in [0.2, 0.25) is 0 Å². The second-order valence-electron chi connectivity index (χ2n) is 18.8. The van der Waals surface area contributed by atoms with Gasteiger partial charge < -0.3 is 14.2 Å². The minimum atomic E-state index is -0.796. The van der Waals surface area contributed by atoms with Crippen molar-refractivity contribution >= 4 is 17.9 Å². The van der Waals surface area contributed by atoms with Crippen molar-refractivity contribution in [1.29, 1.82) is 0 Å². The van der Waals surface area contributed by atoms with Gasteiger partial charge >= 0.3 is 17.9 Å². The van der Waals surface area contributed by atoms with Crippen LogP contribution in [0.1, 0.15) is 258 Å². The van der Waals surface area contributed by atoms with E-state index < -0.39 is 6.10 Å². The highest BCUT2D eigenvalue weighted by Crippen LogP contribution is 2.15. The van der Waals surface area contributed by atoms with E-state index in [1.165, 1.54) is 83.5 Å². The van der Waals surface area contributed by atoms with Gasteiger partial charge in [-0.3, -0.25) is 14.4 Å². The molecule has 0 aliphatic heterocycles. The zero-order valence-corrected chi connectivity index (χ0v) is 45.5. The van der Waals surface area contributed by atoms with Gasteiger partial charge in [0.25, 0.3) is 0 Å². The highest BCUT2D eigenvalue weighted by atomic mass is 16.6. The third-order valence-corrected chi connectivity index (χ3v) is 12.0. The summed E-state index contributed by atoms with van der Waals surface area (Å²) >= 11 is 0. The summed E-state index contributed by atoms with van der Waals surface area (Å²) in [5.74, 6) is -0.936. The number of esters is 3. The SMILES string of the molecule is CC/C=C\C/C=C\C/C=C\C/C=C\C/C=C\C/C=C\CCCCCCCCC(=O)OCC(COC(=O)CCCCC/C=C\C/C=C\C/C=C\CC)OC(=O)CCCCCCCCCCCCCCCC. The predicted octanol–water partition coefficient (Wildman–Crippen LogP) is 19.5. The first-order valence-electron chi connectivity index (χ1n) is 28.9. The maximum absolute atomic E-state index is 12.8. The van der Waals surface area contributed by atoms with Crippen LogP contribution in [0.15, 0.2) is 109 Å². The van der Waals surface area contributed by atoms with E-state index in [0.29, 0.717) is 19.3 Å². The third kappa shape index (κ3) is 55.0. The molecule has 0 spiro atoms. The van der Waals surface area contributed by atoms with Gasteiger partial charge in [0.2, 0.25) is 0 Å². The number of ether oxygens (including phenoxy) is 3. The Morgan fingerprint density at radius 3 is 0.886 bits per heavy atom. The predicted molar refractivity (Wildman–Crippen MR) is 302 cm³/mol. The van der Waals surface area contributed by atoms with Crippen LogP contribution in [0.5, 0.6) is 0 Å². The Morgan fingerprint density at radius 2 is 0.557 bits per heavy atom. The maximum atomic E-state index is 12.8. The molecule has 70 heavy (non-hydrogen) atoms. The fourth-order valence-electron chi connectivity index (χ4n) is 7.75. The topological polar surface area (TPSA) is 78.9 Å². The Bertz CT molecular complexity index is 1440. The normalized spacial score (nSPS) is 12.9. The van der Waals surface area contributed by atoms with Gasteiger partial charge in [0.05, 0.1) is 0 Å². The Balaban J connectivity index is 4.38. The molecule has 0 bridgehead atoms. The van der Waals surface area contributed by atoms with Crippen LogP contribution in [0, 0.1) is 0 Å². The molecule has 1 unspecified atom stereocenters. The average Bonchev–Trinajstić information content (AvgIpc) is 3.36. The molecule has 398 valence electrons. The van der Waals surface area contributed by atoms with E-state index >= 15 is 0 Å². The second-order valence-corrected chi connectivity index (χ2v) is 18.8. The van der Waals surface area contributed by atoms with Gasteiger partial charge in [0.1, 0.15) is 13.2 Å². The highest BCUT2D eigenvalue weighted by Gasteiger charge is 2.19. The van der Waals surface area contributed by atoms with Crippen molar-refractivity contribution in [3.63, 3.8) is 0 Å². The summed E-state index contributed by atoms with van der Waals surface area (Å²) in [6, 6.07) is 0. The van der Waals surface area contributed by atoms with Crippen LogP contribution in [-0.2, 0) is 28.6 Å². The summed E-state index contributed by atoms with van der Waals surface area (Å²) < 4.78 is 16.8. The molecule has 0 saturated carbocycles. The van der Waals surface area contributed by atoms with Crippen LogP contribution in [0.25, 0.3) is 0 Å². The number of carbonyl (C=O) groups is 3. The molecule has 0 heterocycles. The fourth-order valence-corrected chi connectivity index (χ4v) is 7.75. The molecule has 6 nitrogen and oxygen atoms in total. The van der Waals surface area contributed by atoms with E-state index in [0.717, 1.165) is 135 Å². The molecule has 1 atom stereocenters. The zero-order valence-electron chi connectivity index (χ0n) is 45.5. The molecule has 0 N–H and O–H groups in total. The minimum Gasteiger partial charge on any atom is -0.462 e. The lowest BCUT2D eigenvalue weighted by atomic mass is 10.0.